The van der Waals surface area contributed by atoms with Crippen LogP contribution in [-0.4, -0.2) is 53.8 Å². The van der Waals surface area contributed by atoms with Crippen molar-refractivity contribution in [2.45, 2.75) is 12.8 Å². The Morgan fingerprint density at radius 3 is 2.57 bits per heavy atom. The molecule has 1 aliphatic rings. The quantitative estimate of drug-likeness (QED) is 0.747. The van der Waals surface area contributed by atoms with Crippen LogP contribution in [0.1, 0.15) is 23.2 Å². The first-order chi connectivity index (χ1) is 9.90. The molecule has 1 aromatic rings. The summed E-state index contributed by atoms with van der Waals surface area (Å²) in [5, 5.41) is 0.203. The molecular formula is C14H17BrClN3O2. The number of likely N-dealkylation sites (tertiary alicyclic amines) is 1. The summed E-state index contributed by atoms with van der Waals surface area (Å²) in [5.41, 5.74) is 0.392. The Bertz CT molecular complexity index is 557. The number of piperidine rings is 1. The third-order valence-corrected chi connectivity index (χ3v) is 4.34. The molecule has 0 atom stereocenters. The van der Waals surface area contributed by atoms with Crippen LogP contribution in [0.5, 0.6) is 0 Å². The van der Waals surface area contributed by atoms with Gasteiger partial charge in [0, 0.05) is 43.8 Å². The van der Waals surface area contributed by atoms with E-state index in [0.29, 0.717) is 36.0 Å². The molecule has 1 saturated heterocycles. The molecule has 0 aromatic carbocycles. The lowest BCUT2D eigenvalue weighted by Crippen LogP contribution is -2.42. The smallest absolute Gasteiger partial charge is 0.257 e. The van der Waals surface area contributed by atoms with Gasteiger partial charge in [-0.05, 0) is 34.8 Å². The van der Waals surface area contributed by atoms with Gasteiger partial charge in [-0.3, -0.25) is 9.59 Å². The van der Waals surface area contributed by atoms with E-state index in [2.05, 4.69) is 20.9 Å². The van der Waals surface area contributed by atoms with E-state index in [9.17, 15) is 9.59 Å². The Labute approximate surface area is 137 Å². The second-order valence-corrected chi connectivity index (χ2v) is 6.56. The number of hydrogen-bond acceptors (Lipinski definition) is 3. The summed E-state index contributed by atoms with van der Waals surface area (Å²) < 4.78 is 0.716. The van der Waals surface area contributed by atoms with Crippen LogP contribution < -0.4 is 0 Å². The normalized spacial score (nSPS) is 15.9. The van der Waals surface area contributed by atoms with Crippen LogP contribution in [0.2, 0.25) is 5.15 Å². The Hall–Kier alpha value is -1.14. The predicted molar refractivity (Wildman–Crippen MR) is 84.3 cm³/mol. The van der Waals surface area contributed by atoms with Crippen LogP contribution in [0.25, 0.3) is 0 Å². The predicted octanol–water partition coefficient (Wildman–Crippen LogP) is 2.44. The fourth-order valence-electron chi connectivity index (χ4n) is 2.44. The largest absolute Gasteiger partial charge is 0.349 e. The van der Waals surface area contributed by atoms with Crippen LogP contribution >= 0.6 is 27.5 Å². The Morgan fingerprint density at radius 2 is 2.00 bits per heavy atom. The molecule has 0 bridgehead atoms. The number of pyridine rings is 1. The number of carbonyl (C=O) groups is 2. The first-order valence-corrected chi connectivity index (χ1v) is 7.88. The molecule has 5 nitrogen and oxygen atoms in total. The molecule has 114 valence electrons. The van der Waals surface area contributed by atoms with E-state index in [1.165, 1.54) is 0 Å². The van der Waals surface area contributed by atoms with E-state index in [1.807, 2.05) is 0 Å². The fourth-order valence-corrected chi connectivity index (χ4v) is 2.95. The third-order valence-electron chi connectivity index (χ3n) is 3.61. The molecular weight excluding hydrogens is 358 g/mol. The van der Waals surface area contributed by atoms with Crippen LogP contribution in [0.3, 0.4) is 0 Å². The SMILES string of the molecule is CN(C)C(=O)C1CCN(C(=O)c2cc(Br)cnc2Cl)CC1. The van der Waals surface area contributed by atoms with E-state index >= 15 is 0 Å². The summed E-state index contributed by atoms with van der Waals surface area (Å²) in [7, 11) is 3.51. The van der Waals surface area contributed by atoms with Crippen LogP contribution in [0.4, 0.5) is 0 Å². The first-order valence-electron chi connectivity index (χ1n) is 6.71. The molecule has 0 saturated carbocycles. The minimum atomic E-state index is -0.135. The number of nitrogens with zero attached hydrogens (tertiary/aromatic N) is 3. The molecule has 0 radical (unpaired) electrons. The number of carbonyl (C=O) groups excluding carboxylic acids is 2. The van der Waals surface area contributed by atoms with E-state index in [0.717, 1.165) is 0 Å². The molecule has 7 heteroatoms. The minimum absolute atomic E-state index is 0.000145. The summed E-state index contributed by atoms with van der Waals surface area (Å²) in [6.45, 7) is 1.12. The molecule has 2 heterocycles. The highest BCUT2D eigenvalue weighted by atomic mass is 79.9. The summed E-state index contributed by atoms with van der Waals surface area (Å²) >= 11 is 9.28. The maximum atomic E-state index is 12.5. The molecule has 1 aliphatic heterocycles. The van der Waals surface area contributed by atoms with Gasteiger partial charge in [-0.1, -0.05) is 11.6 Å². The topological polar surface area (TPSA) is 53.5 Å². The number of amides is 2. The lowest BCUT2D eigenvalue weighted by atomic mass is 9.95. The average Bonchev–Trinajstić information content (AvgIpc) is 2.48. The van der Waals surface area contributed by atoms with Crippen LogP contribution in [-0.2, 0) is 4.79 Å². The van der Waals surface area contributed by atoms with Gasteiger partial charge in [0.2, 0.25) is 5.91 Å². The minimum Gasteiger partial charge on any atom is -0.349 e. The zero-order chi connectivity index (χ0) is 15.6. The zero-order valence-corrected chi connectivity index (χ0v) is 14.3. The average molecular weight is 375 g/mol. The number of rotatable bonds is 2. The molecule has 0 N–H and O–H groups in total. The number of aromatic nitrogens is 1. The third kappa shape index (κ3) is 3.74. The number of hydrogen-bond donors (Lipinski definition) is 0. The zero-order valence-electron chi connectivity index (χ0n) is 12.0. The van der Waals surface area contributed by atoms with Gasteiger partial charge in [0.25, 0.3) is 5.91 Å². The molecule has 21 heavy (non-hydrogen) atoms. The van der Waals surface area contributed by atoms with E-state index in [1.54, 1.807) is 36.2 Å². The van der Waals surface area contributed by atoms with Gasteiger partial charge in [0.1, 0.15) is 5.15 Å². The maximum absolute atomic E-state index is 12.5. The van der Waals surface area contributed by atoms with Gasteiger partial charge < -0.3 is 9.80 Å². The maximum Gasteiger partial charge on any atom is 0.257 e. The second kappa shape index (κ2) is 6.75. The van der Waals surface area contributed by atoms with Crippen LogP contribution in [0.15, 0.2) is 16.7 Å². The lowest BCUT2D eigenvalue weighted by Gasteiger charge is -2.32. The van der Waals surface area contributed by atoms with E-state index < -0.39 is 0 Å². The molecule has 2 rings (SSSR count). The fraction of sp³-hybridized carbons (Fsp3) is 0.500. The standard InChI is InChI=1S/C14H17BrClN3O2/c1-18(2)13(20)9-3-5-19(6-4-9)14(21)11-7-10(15)8-17-12(11)16/h7-9H,3-6H2,1-2H3. The highest BCUT2D eigenvalue weighted by Crippen LogP contribution is 2.24. The Balaban J connectivity index is 2.03. The van der Waals surface area contributed by atoms with Gasteiger partial charge >= 0.3 is 0 Å². The summed E-state index contributed by atoms with van der Waals surface area (Å²) in [5.74, 6) is -0.00559. The Kier molecular flexibility index (Phi) is 5.22. The van der Waals surface area contributed by atoms with Crippen molar-refractivity contribution in [3.63, 3.8) is 0 Å². The lowest BCUT2D eigenvalue weighted by molar-refractivity contribution is -0.134. The molecule has 2 amide bonds. The van der Waals surface area contributed by atoms with Crippen molar-refractivity contribution in [2.24, 2.45) is 5.92 Å². The van der Waals surface area contributed by atoms with E-state index in [-0.39, 0.29) is 22.9 Å². The van der Waals surface area contributed by atoms with Crippen molar-refractivity contribution in [1.82, 2.24) is 14.8 Å². The summed E-state index contributed by atoms with van der Waals surface area (Å²) in [4.78, 5) is 31.7. The van der Waals surface area contributed by atoms with Crippen molar-refractivity contribution in [3.8, 4) is 0 Å². The first kappa shape index (κ1) is 16.2. The van der Waals surface area contributed by atoms with Crippen molar-refractivity contribution >= 4 is 39.3 Å². The molecule has 1 fully saturated rings. The highest BCUT2D eigenvalue weighted by Gasteiger charge is 2.29. The van der Waals surface area contributed by atoms with Crippen molar-refractivity contribution < 1.29 is 9.59 Å². The van der Waals surface area contributed by atoms with Gasteiger partial charge in [-0.15, -0.1) is 0 Å². The van der Waals surface area contributed by atoms with E-state index in [4.69, 9.17) is 11.6 Å². The van der Waals surface area contributed by atoms with Gasteiger partial charge in [0.15, 0.2) is 0 Å². The molecule has 0 spiro atoms. The highest BCUT2D eigenvalue weighted by molar-refractivity contribution is 9.10. The summed E-state index contributed by atoms with van der Waals surface area (Å²) in [6.07, 6.45) is 2.92. The van der Waals surface area contributed by atoms with Gasteiger partial charge in [-0.2, -0.15) is 0 Å². The molecule has 1 aromatic heterocycles. The van der Waals surface area contributed by atoms with Crippen molar-refractivity contribution in [1.29, 1.82) is 0 Å². The van der Waals surface area contributed by atoms with Gasteiger partial charge in [0.05, 0.1) is 5.56 Å². The van der Waals surface area contributed by atoms with Crippen molar-refractivity contribution in [2.75, 3.05) is 27.2 Å². The second-order valence-electron chi connectivity index (χ2n) is 5.29. The monoisotopic (exact) mass is 373 g/mol. The van der Waals surface area contributed by atoms with Crippen molar-refractivity contribution in [3.05, 3.63) is 27.5 Å². The number of halogens is 2. The van der Waals surface area contributed by atoms with Crippen LogP contribution in [0, 0.1) is 5.92 Å². The summed E-state index contributed by atoms with van der Waals surface area (Å²) in [6, 6.07) is 1.68. The Morgan fingerprint density at radius 1 is 1.38 bits per heavy atom. The molecule has 0 unspecified atom stereocenters. The van der Waals surface area contributed by atoms with Gasteiger partial charge in [-0.25, -0.2) is 4.98 Å². The molecule has 0 aliphatic carbocycles.